The molecule has 9 aromatic carbocycles. The number of fused-ring (bicyclic) bond motifs is 6. The van der Waals surface area contributed by atoms with Gasteiger partial charge in [0.2, 0.25) is 0 Å². The van der Waals surface area contributed by atoms with Crippen molar-refractivity contribution in [3.63, 3.8) is 0 Å². The van der Waals surface area contributed by atoms with Crippen LogP contribution in [0.1, 0.15) is 16.7 Å². The van der Waals surface area contributed by atoms with Crippen molar-refractivity contribution in [2.24, 2.45) is 0 Å². The summed E-state index contributed by atoms with van der Waals surface area (Å²) in [4.78, 5) is 10.7. The van der Waals surface area contributed by atoms with Gasteiger partial charge in [-0.25, -0.2) is 9.97 Å². The first-order chi connectivity index (χ1) is 34.2. The van der Waals surface area contributed by atoms with Gasteiger partial charge in [0.15, 0.2) is 5.82 Å². The number of alkyl halides is 3. The van der Waals surface area contributed by atoms with Crippen molar-refractivity contribution in [2.45, 2.75) is 6.18 Å². The van der Waals surface area contributed by atoms with Crippen LogP contribution in [0, 0.1) is 22.7 Å². The standard InChI is InChI=1S/C61H35F3N6/c62-61(63,64)44-26-27-45(43(32-44)37-66)49-31-38(36-65)23-28-57(49)70-56-22-12-9-19-48(56)50-33-41(24-29-58(50)70)42-25-30-59(69-54-20-10-7-17-46(54)47-18-8-11-21-55(47)69)51(34-42)60-67-52(39-13-3-1-4-14-39)35-53(68-60)40-15-5-2-6-16-40/h1-35H. The molecule has 0 saturated carbocycles. The highest BCUT2D eigenvalue weighted by Crippen LogP contribution is 2.43. The van der Waals surface area contributed by atoms with E-state index in [0.29, 0.717) is 22.6 Å². The molecule has 70 heavy (non-hydrogen) atoms. The van der Waals surface area contributed by atoms with Crippen molar-refractivity contribution < 1.29 is 13.2 Å². The van der Waals surface area contributed by atoms with Gasteiger partial charge in [0, 0.05) is 49.4 Å². The third-order valence-corrected chi connectivity index (χ3v) is 13.1. The Morgan fingerprint density at radius 3 is 1.46 bits per heavy atom. The largest absolute Gasteiger partial charge is 0.416 e. The maximum Gasteiger partial charge on any atom is 0.416 e. The third kappa shape index (κ3) is 7.04. The Morgan fingerprint density at radius 1 is 0.386 bits per heavy atom. The molecule has 3 heterocycles. The first-order valence-electron chi connectivity index (χ1n) is 22.6. The second-order valence-electron chi connectivity index (χ2n) is 17.1. The molecule has 0 aliphatic carbocycles. The molecular weight excluding hydrogens is 874 g/mol. The van der Waals surface area contributed by atoms with Crippen molar-refractivity contribution in [1.82, 2.24) is 19.1 Å². The highest BCUT2D eigenvalue weighted by atomic mass is 19.4. The first kappa shape index (κ1) is 41.8. The summed E-state index contributed by atoms with van der Waals surface area (Å²) >= 11 is 0. The number of nitrogens with zero attached hydrogens (tertiary/aromatic N) is 6. The molecule has 0 aliphatic heterocycles. The van der Waals surface area contributed by atoms with E-state index in [1.165, 1.54) is 6.07 Å². The van der Waals surface area contributed by atoms with Gasteiger partial charge in [-0.15, -0.1) is 0 Å². The van der Waals surface area contributed by atoms with Gasteiger partial charge < -0.3 is 9.13 Å². The number of rotatable bonds is 7. The first-order valence-corrected chi connectivity index (χ1v) is 22.6. The van der Waals surface area contributed by atoms with Gasteiger partial charge in [0.05, 0.1) is 73.7 Å². The van der Waals surface area contributed by atoms with E-state index in [1.807, 2.05) is 78.9 Å². The van der Waals surface area contributed by atoms with Gasteiger partial charge in [-0.3, -0.25) is 0 Å². The molecule has 12 rings (SSSR count). The van der Waals surface area contributed by atoms with E-state index in [0.717, 1.165) is 101 Å². The minimum absolute atomic E-state index is 0.149. The Kier molecular flexibility index (Phi) is 9.94. The number of hydrogen-bond donors (Lipinski definition) is 0. The highest BCUT2D eigenvalue weighted by molar-refractivity contribution is 6.12. The normalized spacial score (nSPS) is 11.6. The Morgan fingerprint density at radius 2 is 0.886 bits per heavy atom. The molecule has 330 valence electrons. The van der Waals surface area contributed by atoms with Gasteiger partial charge >= 0.3 is 6.18 Å². The molecule has 0 unspecified atom stereocenters. The summed E-state index contributed by atoms with van der Waals surface area (Å²) in [5.41, 5.74) is 11.5. The predicted octanol–water partition coefficient (Wildman–Crippen LogP) is 15.8. The maximum absolute atomic E-state index is 13.9. The lowest BCUT2D eigenvalue weighted by atomic mass is 9.95. The van der Waals surface area contributed by atoms with Crippen LogP contribution in [-0.2, 0) is 6.18 Å². The second-order valence-corrected chi connectivity index (χ2v) is 17.1. The summed E-state index contributed by atoms with van der Waals surface area (Å²) in [6, 6.07) is 72.2. The Hall–Kier alpha value is -9.57. The average molecular weight is 909 g/mol. The lowest BCUT2D eigenvalue weighted by Crippen LogP contribution is -2.06. The van der Waals surface area contributed by atoms with Crippen LogP contribution in [0.2, 0.25) is 0 Å². The predicted molar refractivity (Wildman–Crippen MR) is 272 cm³/mol. The van der Waals surface area contributed by atoms with Crippen molar-refractivity contribution in [1.29, 1.82) is 10.5 Å². The fourth-order valence-corrected chi connectivity index (χ4v) is 9.83. The third-order valence-electron chi connectivity index (χ3n) is 13.1. The van der Waals surface area contributed by atoms with E-state index in [2.05, 4.69) is 118 Å². The number of para-hydroxylation sites is 3. The van der Waals surface area contributed by atoms with Crippen LogP contribution >= 0.6 is 0 Å². The second kappa shape index (κ2) is 16.6. The number of halogens is 3. The molecule has 6 nitrogen and oxygen atoms in total. The summed E-state index contributed by atoms with van der Waals surface area (Å²) in [5.74, 6) is 0.560. The van der Waals surface area contributed by atoms with E-state index < -0.39 is 11.7 Å². The smallest absolute Gasteiger partial charge is 0.309 e. The number of aromatic nitrogens is 4. The zero-order valence-corrected chi connectivity index (χ0v) is 37.0. The van der Waals surface area contributed by atoms with Crippen molar-refractivity contribution in [3.05, 3.63) is 229 Å². The van der Waals surface area contributed by atoms with Crippen LogP contribution < -0.4 is 0 Å². The zero-order valence-electron chi connectivity index (χ0n) is 37.0. The van der Waals surface area contributed by atoms with Gasteiger partial charge in [0.1, 0.15) is 0 Å². The van der Waals surface area contributed by atoms with Gasteiger partial charge in [-0.1, -0.05) is 133 Å². The average Bonchev–Trinajstić information content (AvgIpc) is 3.93. The molecule has 0 saturated heterocycles. The van der Waals surface area contributed by atoms with E-state index in [1.54, 1.807) is 18.2 Å². The maximum atomic E-state index is 13.9. The molecular formula is C61H35F3N6. The molecule has 3 aromatic heterocycles. The van der Waals surface area contributed by atoms with E-state index in [-0.39, 0.29) is 11.1 Å². The summed E-state index contributed by atoms with van der Waals surface area (Å²) in [5, 5.41) is 24.3. The fourth-order valence-electron chi connectivity index (χ4n) is 9.83. The minimum Gasteiger partial charge on any atom is -0.309 e. The quantitative estimate of drug-likeness (QED) is 0.159. The minimum atomic E-state index is -4.64. The highest BCUT2D eigenvalue weighted by Gasteiger charge is 2.32. The van der Waals surface area contributed by atoms with Crippen LogP contribution in [-0.4, -0.2) is 19.1 Å². The van der Waals surface area contributed by atoms with E-state index in [4.69, 9.17) is 9.97 Å². The number of hydrogen-bond acceptors (Lipinski definition) is 4. The molecule has 9 heteroatoms. The fraction of sp³-hybridized carbons (Fsp3) is 0.0164. The lowest BCUT2D eigenvalue weighted by Gasteiger charge is -2.17. The SMILES string of the molecule is N#Cc1ccc(-n2c3ccccc3c3cc(-c4ccc(-n5c6ccccc6c6ccccc65)c(-c5nc(-c6ccccc6)cc(-c6ccccc6)n5)c4)ccc32)c(-c2ccc(C(F)(F)F)cc2C#N)c1. The monoisotopic (exact) mass is 908 g/mol. The molecule has 0 radical (unpaired) electrons. The Bertz CT molecular complexity index is 4030. The molecule has 0 N–H and O–H groups in total. The van der Waals surface area contributed by atoms with Crippen molar-refractivity contribution in [2.75, 3.05) is 0 Å². The van der Waals surface area contributed by atoms with Gasteiger partial charge in [-0.2, -0.15) is 23.7 Å². The molecule has 0 amide bonds. The molecule has 0 fully saturated rings. The molecule has 12 aromatic rings. The van der Waals surface area contributed by atoms with Crippen LogP contribution in [0.4, 0.5) is 13.2 Å². The van der Waals surface area contributed by atoms with Gasteiger partial charge in [-0.05, 0) is 90.0 Å². The van der Waals surface area contributed by atoms with E-state index >= 15 is 0 Å². The lowest BCUT2D eigenvalue weighted by molar-refractivity contribution is -0.137. The van der Waals surface area contributed by atoms with Crippen molar-refractivity contribution >= 4 is 43.6 Å². The number of nitriles is 2. The van der Waals surface area contributed by atoms with E-state index in [9.17, 15) is 23.7 Å². The number of benzene rings is 9. The molecule has 0 atom stereocenters. The van der Waals surface area contributed by atoms with Gasteiger partial charge in [0.25, 0.3) is 0 Å². The van der Waals surface area contributed by atoms with Crippen LogP contribution in [0.5, 0.6) is 0 Å². The molecule has 0 spiro atoms. The summed E-state index contributed by atoms with van der Waals surface area (Å²) < 4.78 is 45.9. The topological polar surface area (TPSA) is 83.2 Å². The Balaban J connectivity index is 1.09. The zero-order chi connectivity index (χ0) is 47.5. The Labute approximate surface area is 399 Å². The summed E-state index contributed by atoms with van der Waals surface area (Å²) in [6.45, 7) is 0. The summed E-state index contributed by atoms with van der Waals surface area (Å²) in [6.07, 6.45) is -4.64. The molecule has 0 aliphatic rings. The molecule has 0 bridgehead atoms. The van der Waals surface area contributed by atoms with Crippen LogP contribution in [0.15, 0.2) is 212 Å². The van der Waals surface area contributed by atoms with Crippen LogP contribution in [0.3, 0.4) is 0 Å². The van der Waals surface area contributed by atoms with Crippen molar-refractivity contribution in [3.8, 4) is 79.7 Å². The van der Waals surface area contributed by atoms with Crippen LogP contribution in [0.25, 0.3) is 111 Å². The summed E-state index contributed by atoms with van der Waals surface area (Å²) in [7, 11) is 0.